The second-order valence-electron chi connectivity index (χ2n) is 6.55. The third-order valence-corrected chi connectivity index (χ3v) is 4.93. The first-order valence-electron chi connectivity index (χ1n) is 8.59. The van der Waals surface area contributed by atoms with Crippen LogP contribution in [0.5, 0.6) is 5.75 Å². The largest absolute Gasteiger partial charge is 0.495 e. The van der Waals surface area contributed by atoms with Crippen LogP contribution in [0, 0.1) is 6.92 Å². The van der Waals surface area contributed by atoms with Gasteiger partial charge in [-0.2, -0.15) is 4.98 Å². The summed E-state index contributed by atoms with van der Waals surface area (Å²) in [6.07, 6.45) is 0.319. The van der Waals surface area contributed by atoms with Gasteiger partial charge in [0.1, 0.15) is 5.75 Å². The first-order valence-corrected chi connectivity index (χ1v) is 8.97. The molecule has 0 N–H and O–H groups in total. The van der Waals surface area contributed by atoms with Crippen LogP contribution in [0.1, 0.15) is 23.8 Å². The van der Waals surface area contributed by atoms with Crippen LogP contribution in [0.4, 0.5) is 5.69 Å². The van der Waals surface area contributed by atoms with Crippen LogP contribution in [-0.2, 0) is 4.79 Å². The van der Waals surface area contributed by atoms with E-state index in [1.807, 2.05) is 37.3 Å². The lowest BCUT2D eigenvalue weighted by molar-refractivity contribution is -0.117. The molecule has 1 saturated heterocycles. The summed E-state index contributed by atoms with van der Waals surface area (Å²) in [6, 6.07) is 13.2. The Hall–Kier alpha value is -2.86. The normalized spacial score (nSPS) is 16.8. The number of benzene rings is 2. The zero-order valence-electron chi connectivity index (χ0n) is 15.0. The lowest BCUT2D eigenvalue weighted by atomic mass is 10.1. The number of rotatable bonds is 4. The molecule has 2 heterocycles. The summed E-state index contributed by atoms with van der Waals surface area (Å²) in [5.41, 5.74) is 2.75. The van der Waals surface area contributed by atoms with E-state index in [0.717, 1.165) is 16.8 Å². The summed E-state index contributed by atoms with van der Waals surface area (Å²) in [7, 11) is 1.55. The Kier molecular flexibility index (Phi) is 4.58. The third-order valence-electron chi connectivity index (χ3n) is 4.64. The molecule has 1 fully saturated rings. The van der Waals surface area contributed by atoms with Gasteiger partial charge in [-0.1, -0.05) is 40.5 Å². The number of methoxy groups -OCH3 is 1. The molecular formula is C20H18ClN3O3. The van der Waals surface area contributed by atoms with Crippen LogP contribution in [-0.4, -0.2) is 29.7 Å². The molecule has 0 radical (unpaired) electrons. The Morgan fingerprint density at radius 2 is 2.11 bits per heavy atom. The number of nitrogens with zero attached hydrogens (tertiary/aromatic N) is 3. The van der Waals surface area contributed by atoms with Crippen molar-refractivity contribution in [1.29, 1.82) is 0 Å². The smallest absolute Gasteiger partial charge is 0.232 e. The number of aryl methyl sites for hydroxylation is 1. The minimum Gasteiger partial charge on any atom is -0.495 e. The lowest BCUT2D eigenvalue weighted by Gasteiger charge is -2.17. The quantitative estimate of drug-likeness (QED) is 0.674. The number of hydrogen-bond acceptors (Lipinski definition) is 5. The van der Waals surface area contributed by atoms with Crippen LogP contribution in [0.2, 0.25) is 5.02 Å². The van der Waals surface area contributed by atoms with E-state index in [2.05, 4.69) is 10.1 Å². The zero-order valence-corrected chi connectivity index (χ0v) is 15.7. The Morgan fingerprint density at radius 3 is 2.85 bits per heavy atom. The standard InChI is InChI=1S/C20H18ClN3O3/c1-12-4-3-5-13(8-12)19-22-20(27-23-19)14-9-18(25)24(11-14)15-6-7-17(26-2)16(21)10-15/h3-8,10,14H,9,11H2,1-2H3/t14-/m1/s1. The van der Waals surface area contributed by atoms with Crippen molar-refractivity contribution >= 4 is 23.2 Å². The van der Waals surface area contributed by atoms with Gasteiger partial charge in [-0.25, -0.2) is 0 Å². The molecule has 1 aliphatic rings. The maximum Gasteiger partial charge on any atom is 0.232 e. The number of hydrogen-bond donors (Lipinski definition) is 0. The Bertz CT molecular complexity index is 1000. The highest BCUT2D eigenvalue weighted by molar-refractivity contribution is 6.32. The molecule has 1 atom stereocenters. The first-order chi connectivity index (χ1) is 13.0. The molecule has 7 heteroatoms. The van der Waals surface area contributed by atoms with Crippen molar-refractivity contribution < 1.29 is 14.1 Å². The van der Waals surface area contributed by atoms with E-state index in [0.29, 0.717) is 35.5 Å². The fourth-order valence-electron chi connectivity index (χ4n) is 3.25. The van der Waals surface area contributed by atoms with Gasteiger partial charge in [-0.3, -0.25) is 4.79 Å². The van der Waals surface area contributed by atoms with Crippen LogP contribution < -0.4 is 9.64 Å². The first kappa shape index (κ1) is 17.5. The van der Waals surface area contributed by atoms with E-state index >= 15 is 0 Å². The highest BCUT2D eigenvalue weighted by Crippen LogP contribution is 2.35. The minimum absolute atomic E-state index is 0.00320. The second-order valence-corrected chi connectivity index (χ2v) is 6.96. The molecule has 3 aromatic rings. The molecule has 2 aromatic carbocycles. The van der Waals surface area contributed by atoms with Gasteiger partial charge >= 0.3 is 0 Å². The predicted molar refractivity (Wildman–Crippen MR) is 102 cm³/mol. The van der Waals surface area contributed by atoms with Gasteiger partial charge in [0.2, 0.25) is 17.6 Å². The molecule has 0 unspecified atom stereocenters. The molecule has 6 nitrogen and oxygen atoms in total. The average Bonchev–Trinajstić information content (AvgIpc) is 3.28. The average molecular weight is 384 g/mol. The van der Waals surface area contributed by atoms with Gasteiger partial charge in [0.15, 0.2) is 0 Å². The van der Waals surface area contributed by atoms with E-state index in [9.17, 15) is 4.79 Å². The van der Waals surface area contributed by atoms with Crippen molar-refractivity contribution in [1.82, 2.24) is 10.1 Å². The van der Waals surface area contributed by atoms with Crippen LogP contribution >= 0.6 is 11.6 Å². The number of halogens is 1. The summed E-state index contributed by atoms with van der Waals surface area (Å²) >= 11 is 6.19. The summed E-state index contributed by atoms with van der Waals surface area (Å²) < 4.78 is 10.6. The van der Waals surface area contributed by atoms with E-state index in [-0.39, 0.29) is 11.8 Å². The Labute approximate surface area is 161 Å². The van der Waals surface area contributed by atoms with Gasteiger partial charge in [-0.05, 0) is 31.2 Å². The number of ether oxygens (including phenoxy) is 1. The van der Waals surface area contributed by atoms with E-state index < -0.39 is 0 Å². The van der Waals surface area contributed by atoms with Gasteiger partial charge < -0.3 is 14.2 Å². The van der Waals surface area contributed by atoms with Gasteiger partial charge in [0.25, 0.3) is 0 Å². The van der Waals surface area contributed by atoms with Gasteiger partial charge in [0, 0.05) is 24.2 Å². The predicted octanol–water partition coefficient (Wildman–Crippen LogP) is 4.23. The van der Waals surface area contributed by atoms with Crippen molar-refractivity contribution in [3.8, 4) is 17.1 Å². The van der Waals surface area contributed by atoms with Crippen LogP contribution in [0.25, 0.3) is 11.4 Å². The Balaban J connectivity index is 1.55. The minimum atomic E-state index is -0.149. The fourth-order valence-corrected chi connectivity index (χ4v) is 3.50. The fraction of sp³-hybridized carbons (Fsp3) is 0.250. The summed E-state index contributed by atoms with van der Waals surface area (Å²) in [5, 5.41) is 4.54. The molecule has 138 valence electrons. The number of anilines is 1. The molecular weight excluding hydrogens is 366 g/mol. The molecule has 0 aliphatic carbocycles. The molecule has 27 heavy (non-hydrogen) atoms. The number of carbonyl (C=O) groups excluding carboxylic acids is 1. The highest BCUT2D eigenvalue weighted by atomic mass is 35.5. The Morgan fingerprint density at radius 1 is 1.26 bits per heavy atom. The van der Waals surface area contributed by atoms with Crippen LogP contribution in [0.15, 0.2) is 47.0 Å². The van der Waals surface area contributed by atoms with Crippen molar-refractivity contribution in [2.75, 3.05) is 18.6 Å². The molecule has 1 amide bonds. The zero-order chi connectivity index (χ0) is 19.0. The number of carbonyl (C=O) groups is 1. The third kappa shape index (κ3) is 3.40. The van der Waals surface area contributed by atoms with Crippen molar-refractivity contribution in [3.05, 3.63) is 58.9 Å². The van der Waals surface area contributed by atoms with Crippen molar-refractivity contribution in [2.24, 2.45) is 0 Å². The van der Waals surface area contributed by atoms with E-state index in [1.165, 1.54) is 0 Å². The van der Waals surface area contributed by atoms with Crippen LogP contribution in [0.3, 0.4) is 0 Å². The maximum absolute atomic E-state index is 12.5. The summed E-state index contributed by atoms with van der Waals surface area (Å²) in [5.74, 6) is 1.43. The molecule has 0 saturated carbocycles. The molecule has 0 bridgehead atoms. The van der Waals surface area contributed by atoms with Crippen molar-refractivity contribution in [3.63, 3.8) is 0 Å². The molecule has 1 aromatic heterocycles. The molecule has 4 rings (SSSR count). The summed E-state index contributed by atoms with van der Waals surface area (Å²) in [4.78, 5) is 18.7. The number of amides is 1. The van der Waals surface area contributed by atoms with Gasteiger partial charge in [-0.15, -0.1) is 0 Å². The van der Waals surface area contributed by atoms with E-state index in [4.69, 9.17) is 20.9 Å². The maximum atomic E-state index is 12.5. The second kappa shape index (κ2) is 7.04. The summed E-state index contributed by atoms with van der Waals surface area (Å²) in [6.45, 7) is 2.48. The highest BCUT2D eigenvalue weighted by Gasteiger charge is 2.35. The monoisotopic (exact) mass is 383 g/mol. The van der Waals surface area contributed by atoms with Crippen molar-refractivity contribution in [2.45, 2.75) is 19.3 Å². The molecule has 1 aliphatic heterocycles. The lowest BCUT2D eigenvalue weighted by Crippen LogP contribution is -2.24. The number of aromatic nitrogens is 2. The van der Waals surface area contributed by atoms with E-state index in [1.54, 1.807) is 24.1 Å². The topological polar surface area (TPSA) is 68.5 Å². The van der Waals surface area contributed by atoms with Gasteiger partial charge in [0.05, 0.1) is 18.1 Å². The SMILES string of the molecule is COc1ccc(N2C[C@H](c3nc(-c4cccc(C)c4)no3)CC2=O)cc1Cl. The molecule has 0 spiro atoms.